The van der Waals surface area contributed by atoms with E-state index in [-0.39, 0.29) is 11.9 Å². The third kappa shape index (κ3) is 6.22. The molecule has 6 heteroatoms. The number of hydrogen-bond donors (Lipinski definition) is 2. The van der Waals surface area contributed by atoms with Gasteiger partial charge >= 0.3 is 0 Å². The lowest BCUT2D eigenvalue weighted by Gasteiger charge is -2.26. The summed E-state index contributed by atoms with van der Waals surface area (Å²) < 4.78 is 0. The highest BCUT2D eigenvalue weighted by Crippen LogP contribution is 2.18. The minimum Gasteiger partial charge on any atom is -0.356 e. The van der Waals surface area contributed by atoms with Gasteiger partial charge in [0.2, 0.25) is 5.91 Å². The van der Waals surface area contributed by atoms with Crippen LogP contribution in [0.2, 0.25) is 0 Å². The van der Waals surface area contributed by atoms with Gasteiger partial charge in [-0.15, -0.1) is 0 Å². The molecule has 0 aliphatic carbocycles. The highest BCUT2D eigenvalue weighted by molar-refractivity contribution is 5.81. The molecule has 1 aliphatic heterocycles. The number of guanidine groups is 1. The Kier molecular flexibility index (Phi) is 8.89. The fourth-order valence-corrected chi connectivity index (χ4v) is 2.76. The highest BCUT2D eigenvalue weighted by Gasteiger charge is 2.30. The zero-order chi connectivity index (χ0) is 16.4. The maximum atomic E-state index is 12.1. The molecule has 2 N–H and O–H groups in total. The maximum Gasteiger partial charge on any atom is 0.239 e. The van der Waals surface area contributed by atoms with Gasteiger partial charge in [0, 0.05) is 40.8 Å². The minimum atomic E-state index is 0.0805. The Bertz CT molecular complexity index is 356. The van der Waals surface area contributed by atoms with E-state index in [2.05, 4.69) is 27.4 Å². The van der Waals surface area contributed by atoms with Crippen LogP contribution in [-0.2, 0) is 4.79 Å². The molecule has 0 radical (unpaired) electrons. The van der Waals surface area contributed by atoms with Crippen molar-refractivity contribution < 1.29 is 4.79 Å². The van der Waals surface area contributed by atoms with Crippen LogP contribution in [0.1, 0.15) is 39.0 Å². The summed E-state index contributed by atoms with van der Waals surface area (Å²) in [5, 5.41) is 6.64. The molecule has 1 aliphatic rings. The summed E-state index contributed by atoms with van der Waals surface area (Å²) >= 11 is 0. The summed E-state index contributed by atoms with van der Waals surface area (Å²) in [6.45, 7) is 6.02. The Morgan fingerprint density at radius 2 is 1.95 bits per heavy atom. The summed E-state index contributed by atoms with van der Waals surface area (Å²) in [6.07, 6.45) is 5.47. The van der Waals surface area contributed by atoms with Crippen molar-refractivity contribution in [2.45, 2.75) is 45.1 Å². The molecule has 0 saturated carbocycles. The lowest BCUT2D eigenvalue weighted by Crippen LogP contribution is -2.44. The van der Waals surface area contributed by atoms with Crippen LogP contribution in [-0.4, -0.2) is 75.0 Å². The fraction of sp³-hybridized carbons (Fsp3) is 0.875. The number of nitrogens with one attached hydrogen (secondary N) is 2. The summed E-state index contributed by atoms with van der Waals surface area (Å²) in [4.78, 5) is 20.4. The van der Waals surface area contributed by atoms with Crippen LogP contribution in [0.3, 0.4) is 0 Å². The van der Waals surface area contributed by atoms with Crippen LogP contribution in [0.25, 0.3) is 0 Å². The fourth-order valence-electron chi connectivity index (χ4n) is 2.76. The van der Waals surface area contributed by atoms with Crippen LogP contribution >= 0.6 is 0 Å². The molecule has 0 spiro atoms. The van der Waals surface area contributed by atoms with Gasteiger partial charge in [0.15, 0.2) is 5.96 Å². The Balaban J connectivity index is 2.24. The lowest BCUT2D eigenvalue weighted by molar-refractivity contribution is -0.133. The van der Waals surface area contributed by atoms with Gasteiger partial charge in [-0.3, -0.25) is 14.7 Å². The SMILES string of the molecule is CCCCNC(=NC)NCCCN1CCCC1C(=O)N(C)C. The molecule has 1 unspecified atom stereocenters. The second-order valence-corrected chi connectivity index (χ2v) is 6.06. The molecule has 1 fully saturated rings. The molecule has 1 atom stereocenters. The first kappa shape index (κ1) is 18.7. The maximum absolute atomic E-state index is 12.1. The molecule has 0 aromatic carbocycles. The Hall–Kier alpha value is -1.30. The number of amides is 1. The van der Waals surface area contributed by atoms with E-state index in [1.807, 2.05) is 14.1 Å². The molecule has 6 nitrogen and oxygen atoms in total. The van der Waals surface area contributed by atoms with Crippen molar-refractivity contribution in [3.63, 3.8) is 0 Å². The first-order valence-electron chi connectivity index (χ1n) is 8.49. The summed E-state index contributed by atoms with van der Waals surface area (Å²) in [5.74, 6) is 1.11. The Labute approximate surface area is 135 Å². The normalized spacial score (nSPS) is 19.3. The average molecular weight is 311 g/mol. The molecular weight excluding hydrogens is 278 g/mol. The number of carbonyl (C=O) groups excluding carboxylic acids is 1. The van der Waals surface area contributed by atoms with Crippen LogP contribution in [0.4, 0.5) is 0 Å². The van der Waals surface area contributed by atoms with Crippen LogP contribution in [0.5, 0.6) is 0 Å². The summed E-state index contributed by atoms with van der Waals surface area (Å²) in [5.41, 5.74) is 0. The highest BCUT2D eigenvalue weighted by atomic mass is 16.2. The third-order valence-electron chi connectivity index (χ3n) is 4.05. The van der Waals surface area contributed by atoms with Gasteiger partial charge in [0.25, 0.3) is 0 Å². The summed E-state index contributed by atoms with van der Waals surface area (Å²) in [7, 11) is 5.48. The van der Waals surface area contributed by atoms with Crippen LogP contribution < -0.4 is 10.6 Å². The van der Waals surface area contributed by atoms with Crippen molar-refractivity contribution >= 4 is 11.9 Å². The number of hydrogen-bond acceptors (Lipinski definition) is 3. The average Bonchev–Trinajstić information content (AvgIpc) is 2.97. The minimum absolute atomic E-state index is 0.0805. The van der Waals surface area contributed by atoms with Crippen molar-refractivity contribution in [1.29, 1.82) is 0 Å². The van der Waals surface area contributed by atoms with Gasteiger partial charge in [0.1, 0.15) is 0 Å². The van der Waals surface area contributed by atoms with E-state index in [1.165, 1.54) is 6.42 Å². The smallest absolute Gasteiger partial charge is 0.239 e. The molecule has 1 saturated heterocycles. The van der Waals surface area contributed by atoms with E-state index in [0.717, 1.165) is 57.8 Å². The second kappa shape index (κ2) is 10.4. The van der Waals surface area contributed by atoms with Gasteiger partial charge < -0.3 is 15.5 Å². The Morgan fingerprint density at radius 1 is 1.27 bits per heavy atom. The van der Waals surface area contributed by atoms with E-state index in [1.54, 1.807) is 11.9 Å². The third-order valence-corrected chi connectivity index (χ3v) is 4.05. The second-order valence-electron chi connectivity index (χ2n) is 6.06. The van der Waals surface area contributed by atoms with Gasteiger partial charge in [-0.1, -0.05) is 13.3 Å². The van der Waals surface area contributed by atoms with Crippen molar-refractivity contribution in [3.05, 3.63) is 0 Å². The number of aliphatic imine (C=N–C) groups is 1. The van der Waals surface area contributed by atoms with E-state index < -0.39 is 0 Å². The molecular formula is C16H33N5O. The van der Waals surface area contributed by atoms with Gasteiger partial charge in [-0.25, -0.2) is 0 Å². The molecule has 22 heavy (non-hydrogen) atoms. The van der Waals surface area contributed by atoms with E-state index in [9.17, 15) is 4.79 Å². The van der Waals surface area contributed by atoms with E-state index >= 15 is 0 Å². The zero-order valence-electron chi connectivity index (χ0n) is 14.7. The number of likely N-dealkylation sites (tertiary alicyclic amines) is 1. The van der Waals surface area contributed by atoms with Crippen molar-refractivity contribution in [3.8, 4) is 0 Å². The van der Waals surface area contributed by atoms with Crippen molar-refractivity contribution in [2.24, 2.45) is 4.99 Å². The number of carbonyl (C=O) groups is 1. The largest absolute Gasteiger partial charge is 0.356 e. The molecule has 0 aromatic rings. The lowest BCUT2D eigenvalue weighted by atomic mass is 10.2. The van der Waals surface area contributed by atoms with Gasteiger partial charge in [-0.05, 0) is 32.2 Å². The van der Waals surface area contributed by atoms with Gasteiger partial charge in [0.05, 0.1) is 6.04 Å². The molecule has 1 rings (SSSR count). The summed E-state index contributed by atoms with van der Waals surface area (Å²) in [6, 6.07) is 0.0805. The van der Waals surface area contributed by atoms with Gasteiger partial charge in [-0.2, -0.15) is 0 Å². The predicted molar refractivity (Wildman–Crippen MR) is 92.2 cm³/mol. The number of likely N-dealkylation sites (N-methyl/N-ethyl adjacent to an activating group) is 1. The number of nitrogens with zero attached hydrogens (tertiary/aromatic N) is 3. The van der Waals surface area contributed by atoms with E-state index in [4.69, 9.17) is 0 Å². The zero-order valence-corrected chi connectivity index (χ0v) is 14.7. The van der Waals surface area contributed by atoms with Crippen molar-refractivity contribution in [2.75, 3.05) is 47.3 Å². The quantitative estimate of drug-likeness (QED) is 0.397. The monoisotopic (exact) mass is 311 g/mol. The predicted octanol–water partition coefficient (Wildman–Crippen LogP) is 0.894. The number of rotatable bonds is 8. The van der Waals surface area contributed by atoms with Crippen molar-refractivity contribution in [1.82, 2.24) is 20.4 Å². The Morgan fingerprint density at radius 3 is 2.55 bits per heavy atom. The standard InChI is InChI=1S/C16H33N5O/c1-5-6-10-18-16(17-2)19-11-8-13-21-12-7-9-14(21)15(22)20(3)4/h14H,5-13H2,1-4H3,(H2,17,18,19). The topological polar surface area (TPSA) is 60.0 Å². The molecule has 1 amide bonds. The first-order chi connectivity index (χ1) is 10.6. The molecule has 0 bridgehead atoms. The molecule has 0 aromatic heterocycles. The van der Waals surface area contributed by atoms with Crippen LogP contribution in [0.15, 0.2) is 4.99 Å². The van der Waals surface area contributed by atoms with Crippen LogP contribution in [0, 0.1) is 0 Å². The molecule has 1 heterocycles. The molecule has 128 valence electrons. The number of unbranched alkanes of at least 4 members (excludes halogenated alkanes) is 1. The van der Waals surface area contributed by atoms with E-state index in [0.29, 0.717) is 0 Å². The first-order valence-corrected chi connectivity index (χ1v) is 8.49.